The summed E-state index contributed by atoms with van der Waals surface area (Å²) in [6.07, 6.45) is 2.03. The molecule has 7 nitrogen and oxygen atoms in total. The molecule has 0 aromatic carbocycles. The summed E-state index contributed by atoms with van der Waals surface area (Å²) in [5, 5.41) is 2.99. The van der Waals surface area contributed by atoms with Gasteiger partial charge in [0.1, 0.15) is 0 Å². The predicted molar refractivity (Wildman–Crippen MR) is 88.7 cm³/mol. The molecular weight excluding hydrogens is 308 g/mol. The number of H-pyrrole nitrogens is 2. The molecular formula is C17H20N4O3. The number of rotatable bonds is 5. The van der Waals surface area contributed by atoms with Gasteiger partial charge in [-0.2, -0.15) is 0 Å². The average Bonchev–Trinajstić information content (AvgIpc) is 3.33. The molecule has 1 aliphatic carbocycles. The zero-order valence-electron chi connectivity index (χ0n) is 13.7. The molecule has 0 spiro atoms. The number of hydrogen-bond acceptors (Lipinski definition) is 4. The van der Waals surface area contributed by atoms with Gasteiger partial charge in [0.2, 0.25) is 5.91 Å². The average molecular weight is 328 g/mol. The Morgan fingerprint density at radius 2 is 2.04 bits per heavy atom. The van der Waals surface area contributed by atoms with Crippen LogP contribution in [0.3, 0.4) is 0 Å². The number of hydrogen-bond donors (Lipinski definition) is 3. The summed E-state index contributed by atoms with van der Waals surface area (Å²) in [5.41, 5.74) is 1.34. The predicted octanol–water partition coefficient (Wildman–Crippen LogP) is 0.885. The SMILES string of the molecule is Cc1cccc([C@@H](NC(=O)Cc2c(C)[nH]c(=O)[nH]c2=O)C2CC2)n1. The quantitative estimate of drug-likeness (QED) is 0.757. The van der Waals surface area contributed by atoms with E-state index < -0.39 is 11.2 Å². The van der Waals surface area contributed by atoms with Gasteiger partial charge < -0.3 is 10.3 Å². The maximum absolute atomic E-state index is 12.4. The number of pyridine rings is 1. The normalized spacial score (nSPS) is 15.1. The molecule has 3 rings (SSSR count). The molecule has 0 saturated heterocycles. The van der Waals surface area contributed by atoms with Gasteiger partial charge in [0.25, 0.3) is 5.56 Å². The molecule has 3 N–H and O–H groups in total. The Morgan fingerprint density at radius 1 is 1.29 bits per heavy atom. The molecule has 1 saturated carbocycles. The van der Waals surface area contributed by atoms with E-state index in [-0.39, 0.29) is 23.9 Å². The molecule has 0 unspecified atom stereocenters. The first-order chi connectivity index (χ1) is 11.4. The topological polar surface area (TPSA) is 108 Å². The molecule has 7 heteroatoms. The van der Waals surface area contributed by atoms with Crippen LogP contribution in [-0.2, 0) is 11.2 Å². The summed E-state index contributed by atoms with van der Waals surface area (Å²) in [5.74, 6) is 0.133. The summed E-state index contributed by atoms with van der Waals surface area (Å²) in [4.78, 5) is 44.7. The van der Waals surface area contributed by atoms with Crippen LogP contribution in [0, 0.1) is 19.8 Å². The second-order valence-electron chi connectivity index (χ2n) is 6.28. The molecule has 126 valence electrons. The molecule has 0 radical (unpaired) electrons. The molecule has 24 heavy (non-hydrogen) atoms. The lowest BCUT2D eigenvalue weighted by molar-refractivity contribution is -0.121. The fourth-order valence-corrected chi connectivity index (χ4v) is 2.82. The minimum atomic E-state index is -0.568. The smallest absolute Gasteiger partial charge is 0.325 e. The van der Waals surface area contributed by atoms with Crippen molar-refractivity contribution in [2.24, 2.45) is 5.92 Å². The molecule has 2 heterocycles. The highest BCUT2D eigenvalue weighted by Gasteiger charge is 2.34. The van der Waals surface area contributed by atoms with Crippen LogP contribution < -0.4 is 16.6 Å². The molecule has 1 amide bonds. The van der Waals surface area contributed by atoms with Crippen LogP contribution in [0.25, 0.3) is 0 Å². The van der Waals surface area contributed by atoms with E-state index in [0.29, 0.717) is 11.6 Å². The van der Waals surface area contributed by atoms with Crippen molar-refractivity contribution >= 4 is 5.91 Å². The molecule has 1 fully saturated rings. The van der Waals surface area contributed by atoms with E-state index in [0.717, 1.165) is 24.2 Å². The van der Waals surface area contributed by atoms with Crippen molar-refractivity contribution < 1.29 is 4.79 Å². The fourth-order valence-electron chi connectivity index (χ4n) is 2.82. The molecule has 1 aliphatic rings. The van der Waals surface area contributed by atoms with Gasteiger partial charge in [0.15, 0.2) is 0 Å². The molecule has 2 aromatic heterocycles. The number of amides is 1. The number of carbonyl (C=O) groups is 1. The van der Waals surface area contributed by atoms with Crippen LogP contribution in [-0.4, -0.2) is 20.9 Å². The van der Waals surface area contributed by atoms with Gasteiger partial charge in [-0.1, -0.05) is 6.07 Å². The van der Waals surface area contributed by atoms with Gasteiger partial charge in [-0.15, -0.1) is 0 Å². The number of aryl methyl sites for hydroxylation is 2. The number of aromatic nitrogens is 3. The first-order valence-corrected chi connectivity index (χ1v) is 7.99. The van der Waals surface area contributed by atoms with E-state index in [2.05, 4.69) is 20.3 Å². The zero-order valence-corrected chi connectivity index (χ0v) is 13.7. The van der Waals surface area contributed by atoms with Crippen LogP contribution in [0.1, 0.15) is 41.5 Å². The standard InChI is InChI=1S/C17H20N4O3/c1-9-4-3-5-13(18-9)15(11-6-7-11)20-14(22)8-12-10(2)19-17(24)21-16(12)23/h3-5,11,15H,6-8H2,1-2H3,(H,20,22)(H2,19,21,23,24)/t15-/m0/s1. The van der Waals surface area contributed by atoms with Crippen molar-refractivity contribution in [3.8, 4) is 0 Å². The van der Waals surface area contributed by atoms with E-state index in [1.807, 2.05) is 25.1 Å². The monoisotopic (exact) mass is 328 g/mol. The number of nitrogens with zero attached hydrogens (tertiary/aromatic N) is 1. The van der Waals surface area contributed by atoms with Crippen molar-refractivity contribution in [2.45, 2.75) is 39.2 Å². The van der Waals surface area contributed by atoms with Crippen LogP contribution in [0.2, 0.25) is 0 Å². The van der Waals surface area contributed by atoms with Crippen molar-refractivity contribution in [1.29, 1.82) is 0 Å². The molecule has 2 aromatic rings. The van der Waals surface area contributed by atoms with Gasteiger partial charge >= 0.3 is 5.69 Å². The first-order valence-electron chi connectivity index (χ1n) is 7.99. The van der Waals surface area contributed by atoms with Gasteiger partial charge in [0.05, 0.1) is 18.2 Å². The van der Waals surface area contributed by atoms with Crippen LogP contribution in [0.15, 0.2) is 27.8 Å². The number of carbonyl (C=O) groups excluding carboxylic acids is 1. The highest BCUT2D eigenvalue weighted by atomic mass is 16.2. The molecule has 1 atom stereocenters. The fraction of sp³-hybridized carbons (Fsp3) is 0.412. The summed E-state index contributed by atoms with van der Waals surface area (Å²) in [6, 6.07) is 5.61. The number of nitrogens with one attached hydrogen (secondary N) is 3. The first kappa shape index (κ1) is 16.2. The minimum absolute atomic E-state index is 0.0764. The Labute approximate surface area is 138 Å². The third kappa shape index (κ3) is 3.61. The Balaban J connectivity index is 1.78. The maximum Gasteiger partial charge on any atom is 0.325 e. The highest BCUT2D eigenvalue weighted by Crippen LogP contribution is 2.40. The van der Waals surface area contributed by atoms with Gasteiger partial charge in [0, 0.05) is 17.0 Å². The summed E-state index contributed by atoms with van der Waals surface area (Å²) < 4.78 is 0. The van der Waals surface area contributed by atoms with Gasteiger partial charge in [-0.25, -0.2) is 4.79 Å². The van der Waals surface area contributed by atoms with Crippen molar-refractivity contribution in [3.05, 3.63) is 61.7 Å². The van der Waals surface area contributed by atoms with E-state index in [1.165, 1.54) is 0 Å². The van der Waals surface area contributed by atoms with Crippen LogP contribution >= 0.6 is 0 Å². The van der Waals surface area contributed by atoms with Crippen LogP contribution in [0.5, 0.6) is 0 Å². The van der Waals surface area contributed by atoms with E-state index in [4.69, 9.17) is 0 Å². The minimum Gasteiger partial charge on any atom is -0.347 e. The zero-order chi connectivity index (χ0) is 17.3. The van der Waals surface area contributed by atoms with Crippen molar-refractivity contribution in [1.82, 2.24) is 20.3 Å². The highest BCUT2D eigenvalue weighted by molar-refractivity contribution is 5.79. The molecule has 0 aliphatic heterocycles. The van der Waals surface area contributed by atoms with Crippen LogP contribution in [0.4, 0.5) is 0 Å². The van der Waals surface area contributed by atoms with E-state index >= 15 is 0 Å². The van der Waals surface area contributed by atoms with Crippen molar-refractivity contribution in [2.75, 3.05) is 0 Å². The second kappa shape index (κ2) is 6.43. The lowest BCUT2D eigenvalue weighted by Crippen LogP contribution is -2.35. The third-order valence-electron chi connectivity index (χ3n) is 4.23. The lowest BCUT2D eigenvalue weighted by Gasteiger charge is -2.18. The Hall–Kier alpha value is -2.70. The van der Waals surface area contributed by atoms with Gasteiger partial charge in [-0.3, -0.25) is 19.6 Å². The Kier molecular flexibility index (Phi) is 4.33. The lowest BCUT2D eigenvalue weighted by atomic mass is 10.1. The number of aromatic amines is 2. The summed E-state index contributed by atoms with van der Waals surface area (Å²) in [6.45, 7) is 3.53. The second-order valence-corrected chi connectivity index (χ2v) is 6.28. The summed E-state index contributed by atoms with van der Waals surface area (Å²) in [7, 11) is 0. The Bertz CT molecular complexity index is 880. The van der Waals surface area contributed by atoms with E-state index in [1.54, 1.807) is 6.92 Å². The van der Waals surface area contributed by atoms with E-state index in [9.17, 15) is 14.4 Å². The maximum atomic E-state index is 12.4. The third-order valence-corrected chi connectivity index (χ3v) is 4.23. The molecule has 0 bridgehead atoms. The summed E-state index contributed by atoms with van der Waals surface area (Å²) >= 11 is 0. The van der Waals surface area contributed by atoms with Crippen molar-refractivity contribution in [3.63, 3.8) is 0 Å². The van der Waals surface area contributed by atoms with Gasteiger partial charge in [-0.05, 0) is 44.7 Å². The Morgan fingerprint density at radius 3 is 2.67 bits per heavy atom. The largest absolute Gasteiger partial charge is 0.347 e.